The lowest BCUT2D eigenvalue weighted by Crippen LogP contribution is -2.07. The van der Waals surface area contributed by atoms with Gasteiger partial charge in [0, 0.05) is 4.47 Å². The summed E-state index contributed by atoms with van der Waals surface area (Å²) < 4.78 is 5.49. The molecule has 0 N–H and O–H groups in total. The van der Waals surface area contributed by atoms with Crippen molar-refractivity contribution in [1.82, 2.24) is 0 Å². The fraction of sp³-hybridized carbons (Fsp3) is 0.273. The largest absolute Gasteiger partial charge is 0.462 e. The first-order chi connectivity index (χ1) is 7.10. The summed E-state index contributed by atoms with van der Waals surface area (Å²) >= 11 is 3.25. The minimum Gasteiger partial charge on any atom is -0.462 e. The van der Waals surface area contributed by atoms with Gasteiger partial charge >= 0.3 is 5.97 Å². The molecular formula is C11H10BrNO2. The highest BCUT2D eigenvalue weighted by Gasteiger charge is 2.15. The van der Waals surface area contributed by atoms with Crippen LogP contribution in [0.4, 0.5) is 0 Å². The molecule has 0 aromatic heterocycles. The van der Waals surface area contributed by atoms with E-state index in [9.17, 15) is 4.79 Å². The molecule has 0 aliphatic carbocycles. The third-order valence-corrected chi connectivity index (χ3v) is 2.47. The number of rotatable bonds is 2. The van der Waals surface area contributed by atoms with Crippen LogP contribution in [0.25, 0.3) is 0 Å². The molecular weight excluding hydrogens is 258 g/mol. The van der Waals surface area contributed by atoms with Gasteiger partial charge in [0.1, 0.15) is 6.07 Å². The molecule has 0 heterocycles. The standard InChI is InChI=1S/C11H10BrNO2/c1-3-15-11(14)8-4-7(2)5-10(12)9(8)6-13/h4-5H,3H2,1-2H3. The summed E-state index contributed by atoms with van der Waals surface area (Å²) in [5.41, 5.74) is 1.54. The molecule has 0 aliphatic heterocycles. The predicted octanol–water partition coefficient (Wildman–Crippen LogP) is 2.81. The molecule has 0 saturated carbocycles. The molecule has 0 saturated heterocycles. The van der Waals surface area contributed by atoms with Gasteiger partial charge in [-0.1, -0.05) is 0 Å². The second-order valence-electron chi connectivity index (χ2n) is 3.00. The van der Waals surface area contributed by atoms with Gasteiger partial charge in [-0.25, -0.2) is 4.79 Å². The van der Waals surface area contributed by atoms with Crippen LogP contribution in [0.3, 0.4) is 0 Å². The second-order valence-corrected chi connectivity index (χ2v) is 3.86. The van der Waals surface area contributed by atoms with Crippen molar-refractivity contribution in [3.63, 3.8) is 0 Å². The normalized spacial score (nSPS) is 9.47. The number of ether oxygens (including phenoxy) is 1. The molecule has 78 valence electrons. The van der Waals surface area contributed by atoms with Crippen LogP contribution in [0.2, 0.25) is 0 Å². The molecule has 0 bridgehead atoms. The van der Waals surface area contributed by atoms with E-state index in [-0.39, 0.29) is 0 Å². The van der Waals surface area contributed by atoms with Gasteiger partial charge in [-0.2, -0.15) is 5.26 Å². The summed E-state index contributed by atoms with van der Waals surface area (Å²) in [5, 5.41) is 8.92. The first kappa shape index (κ1) is 11.7. The minimum atomic E-state index is -0.460. The van der Waals surface area contributed by atoms with Crippen molar-refractivity contribution in [2.75, 3.05) is 6.61 Å². The highest BCUT2D eigenvalue weighted by Crippen LogP contribution is 2.22. The van der Waals surface area contributed by atoms with E-state index in [1.54, 1.807) is 19.1 Å². The molecule has 0 amide bonds. The number of esters is 1. The Kier molecular flexibility index (Phi) is 3.87. The number of halogens is 1. The molecule has 0 radical (unpaired) electrons. The van der Waals surface area contributed by atoms with Crippen molar-refractivity contribution >= 4 is 21.9 Å². The lowest BCUT2D eigenvalue weighted by atomic mass is 10.1. The van der Waals surface area contributed by atoms with E-state index in [0.717, 1.165) is 5.56 Å². The summed E-state index contributed by atoms with van der Waals surface area (Å²) in [6.45, 7) is 3.89. The Balaban J connectivity index is 3.28. The Morgan fingerprint density at radius 1 is 1.60 bits per heavy atom. The van der Waals surface area contributed by atoms with Crippen molar-refractivity contribution in [3.05, 3.63) is 33.3 Å². The Bertz CT molecular complexity index is 435. The zero-order valence-corrected chi connectivity index (χ0v) is 10.1. The van der Waals surface area contributed by atoms with Crippen molar-refractivity contribution in [2.24, 2.45) is 0 Å². The smallest absolute Gasteiger partial charge is 0.339 e. The minimum absolute atomic E-state index is 0.301. The lowest BCUT2D eigenvalue weighted by molar-refractivity contribution is 0.0526. The number of hydrogen-bond donors (Lipinski definition) is 0. The summed E-state index contributed by atoms with van der Waals surface area (Å²) in [6, 6.07) is 5.43. The Morgan fingerprint density at radius 2 is 2.27 bits per heavy atom. The van der Waals surface area contributed by atoms with Crippen LogP contribution < -0.4 is 0 Å². The number of carbonyl (C=O) groups is 1. The van der Waals surface area contributed by atoms with Crippen LogP contribution in [0.15, 0.2) is 16.6 Å². The van der Waals surface area contributed by atoms with Gasteiger partial charge in [0.15, 0.2) is 0 Å². The predicted molar refractivity (Wildman–Crippen MR) is 59.6 cm³/mol. The second kappa shape index (κ2) is 4.94. The lowest BCUT2D eigenvalue weighted by Gasteiger charge is -2.06. The SMILES string of the molecule is CCOC(=O)c1cc(C)cc(Br)c1C#N. The maximum absolute atomic E-state index is 11.5. The number of carbonyl (C=O) groups excluding carboxylic acids is 1. The number of hydrogen-bond acceptors (Lipinski definition) is 3. The monoisotopic (exact) mass is 267 g/mol. The third kappa shape index (κ3) is 2.57. The van der Waals surface area contributed by atoms with E-state index in [4.69, 9.17) is 10.00 Å². The molecule has 4 heteroatoms. The number of nitrogens with zero attached hydrogens (tertiary/aromatic N) is 1. The van der Waals surface area contributed by atoms with E-state index in [1.807, 2.05) is 13.0 Å². The van der Waals surface area contributed by atoms with Gasteiger partial charge in [-0.3, -0.25) is 0 Å². The highest BCUT2D eigenvalue weighted by molar-refractivity contribution is 9.10. The molecule has 15 heavy (non-hydrogen) atoms. The van der Waals surface area contributed by atoms with Crippen molar-refractivity contribution < 1.29 is 9.53 Å². The number of nitriles is 1. The van der Waals surface area contributed by atoms with Crippen LogP contribution in [-0.2, 0) is 4.74 Å². The Hall–Kier alpha value is -1.34. The van der Waals surface area contributed by atoms with E-state index in [2.05, 4.69) is 15.9 Å². The van der Waals surface area contributed by atoms with Gasteiger partial charge in [0.25, 0.3) is 0 Å². The molecule has 0 atom stereocenters. The Morgan fingerprint density at radius 3 is 2.80 bits per heavy atom. The zero-order valence-electron chi connectivity index (χ0n) is 8.50. The molecule has 0 fully saturated rings. The van der Waals surface area contributed by atoms with Crippen LogP contribution in [0, 0.1) is 18.3 Å². The first-order valence-corrected chi connectivity index (χ1v) is 5.26. The first-order valence-electron chi connectivity index (χ1n) is 4.47. The van der Waals surface area contributed by atoms with Gasteiger partial charge in [0.2, 0.25) is 0 Å². The third-order valence-electron chi connectivity index (χ3n) is 1.84. The van der Waals surface area contributed by atoms with Gasteiger partial charge in [-0.05, 0) is 47.5 Å². The van der Waals surface area contributed by atoms with Gasteiger partial charge in [-0.15, -0.1) is 0 Å². The van der Waals surface area contributed by atoms with Crippen molar-refractivity contribution in [2.45, 2.75) is 13.8 Å². The molecule has 3 nitrogen and oxygen atoms in total. The quantitative estimate of drug-likeness (QED) is 0.775. The summed E-state index contributed by atoms with van der Waals surface area (Å²) in [4.78, 5) is 11.5. The van der Waals surface area contributed by atoms with E-state index in [1.165, 1.54) is 0 Å². The molecule has 1 aromatic carbocycles. The fourth-order valence-corrected chi connectivity index (χ4v) is 1.89. The number of benzene rings is 1. The molecule has 1 aromatic rings. The topological polar surface area (TPSA) is 50.1 Å². The van der Waals surface area contributed by atoms with Gasteiger partial charge in [0.05, 0.1) is 17.7 Å². The summed E-state index contributed by atoms with van der Waals surface area (Å²) in [6.07, 6.45) is 0. The molecule has 0 spiro atoms. The summed E-state index contributed by atoms with van der Waals surface area (Å²) in [5.74, 6) is -0.460. The highest BCUT2D eigenvalue weighted by atomic mass is 79.9. The van der Waals surface area contributed by atoms with E-state index in [0.29, 0.717) is 22.2 Å². The van der Waals surface area contributed by atoms with Crippen LogP contribution in [0.5, 0.6) is 0 Å². The van der Waals surface area contributed by atoms with Crippen LogP contribution in [0.1, 0.15) is 28.4 Å². The van der Waals surface area contributed by atoms with Crippen LogP contribution in [-0.4, -0.2) is 12.6 Å². The summed E-state index contributed by atoms with van der Waals surface area (Å²) in [7, 11) is 0. The van der Waals surface area contributed by atoms with E-state index >= 15 is 0 Å². The molecule has 0 aliphatic rings. The van der Waals surface area contributed by atoms with Crippen molar-refractivity contribution in [3.8, 4) is 6.07 Å². The van der Waals surface area contributed by atoms with E-state index < -0.39 is 5.97 Å². The zero-order chi connectivity index (χ0) is 11.4. The maximum atomic E-state index is 11.5. The molecule has 0 unspecified atom stereocenters. The molecule has 1 rings (SSSR count). The average molecular weight is 268 g/mol. The van der Waals surface area contributed by atoms with Gasteiger partial charge < -0.3 is 4.74 Å². The van der Waals surface area contributed by atoms with Crippen molar-refractivity contribution in [1.29, 1.82) is 5.26 Å². The Labute approximate surface area is 96.8 Å². The average Bonchev–Trinajstić information content (AvgIpc) is 2.17. The fourth-order valence-electron chi connectivity index (χ4n) is 1.23. The van der Waals surface area contributed by atoms with Crippen LogP contribution >= 0.6 is 15.9 Å². The number of aryl methyl sites for hydroxylation is 1. The maximum Gasteiger partial charge on any atom is 0.339 e.